The van der Waals surface area contributed by atoms with E-state index in [4.69, 9.17) is 20.8 Å². The number of amides is 1. The van der Waals surface area contributed by atoms with Crippen LogP contribution in [0.2, 0.25) is 5.02 Å². The highest BCUT2D eigenvalue weighted by molar-refractivity contribution is 9.10. The number of furan rings is 1. The van der Waals surface area contributed by atoms with Crippen molar-refractivity contribution in [2.24, 2.45) is 0 Å². The maximum atomic E-state index is 13.4. The molecule has 9 heteroatoms. The quantitative estimate of drug-likeness (QED) is 0.467. The van der Waals surface area contributed by atoms with E-state index < -0.39 is 23.5 Å². The highest BCUT2D eigenvalue weighted by atomic mass is 79.9. The van der Waals surface area contributed by atoms with Crippen molar-refractivity contribution in [1.82, 2.24) is 4.90 Å². The maximum Gasteiger partial charge on any atom is 0.290 e. The number of halogens is 2. The summed E-state index contributed by atoms with van der Waals surface area (Å²) in [4.78, 5) is 27.5. The molecule has 1 amide bonds. The van der Waals surface area contributed by atoms with Crippen LogP contribution in [0.1, 0.15) is 22.2 Å². The molecule has 1 unspecified atom stereocenters. The highest BCUT2D eigenvalue weighted by Crippen LogP contribution is 2.41. The molecule has 0 saturated carbocycles. The Hall–Kier alpha value is -2.81. The van der Waals surface area contributed by atoms with Crippen molar-refractivity contribution in [3.05, 3.63) is 74.6 Å². The van der Waals surface area contributed by atoms with Gasteiger partial charge in [-0.25, -0.2) is 0 Å². The molecule has 0 fully saturated rings. The number of carbonyl (C=O) groups excluding carboxylic acids is 2. The third kappa shape index (κ3) is 3.82. The lowest BCUT2D eigenvalue weighted by Gasteiger charge is -2.26. The number of nitrogens with zero attached hydrogens (tertiary/aromatic N) is 1. The summed E-state index contributed by atoms with van der Waals surface area (Å²) in [5.41, 5.74) is 0.830. The van der Waals surface area contributed by atoms with E-state index in [1.54, 1.807) is 30.3 Å². The Labute approximate surface area is 190 Å². The summed E-state index contributed by atoms with van der Waals surface area (Å²) >= 11 is 9.44. The van der Waals surface area contributed by atoms with Gasteiger partial charge >= 0.3 is 0 Å². The maximum absolute atomic E-state index is 13.4. The van der Waals surface area contributed by atoms with Gasteiger partial charge in [0.25, 0.3) is 5.91 Å². The summed E-state index contributed by atoms with van der Waals surface area (Å²) in [6.07, 6.45) is 0. The Morgan fingerprint density at radius 3 is 2.71 bits per heavy atom. The lowest BCUT2D eigenvalue weighted by Crippen LogP contribution is -2.34. The molecule has 160 valence electrons. The highest BCUT2D eigenvalue weighted by Gasteiger charge is 2.44. The Morgan fingerprint density at radius 2 is 2.00 bits per heavy atom. The summed E-state index contributed by atoms with van der Waals surface area (Å²) in [5, 5.41) is 21.2. The van der Waals surface area contributed by atoms with E-state index >= 15 is 0 Å². The lowest BCUT2D eigenvalue weighted by atomic mass is 9.95. The van der Waals surface area contributed by atoms with Crippen LogP contribution in [-0.2, 0) is 9.53 Å². The Balaban J connectivity index is 1.82. The first kappa shape index (κ1) is 21.4. The summed E-state index contributed by atoms with van der Waals surface area (Å²) in [6.45, 7) is 0.327. The average molecular weight is 507 g/mol. The first-order valence-corrected chi connectivity index (χ1v) is 10.4. The monoisotopic (exact) mass is 505 g/mol. The van der Waals surface area contributed by atoms with Crippen LogP contribution < -0.4 is 0 Å². The molecule has 0 saturated heterocycles. The van der Waals surface area contributed by atoms with Gasteiger partial charge in [0, 0.05) is 23.5 Å². The summed E-state index contributed by atoms with van der Waals surface area (Å²) < 4.78 is 11.6. The zero-order valence-corrected chi connectivity index (χ0v) is 18.6. The number of fused-ring (bicyclic) bond motifs is 1. The van der Waals surface area contributed by atoms with Crippen LogP contribution in [0.5, 0.6) is 5.75 Å². The van der Waals surface area contributed by atoms with Crippen molar-refractivity contribution >= 4 is 50.2 Å². The van der Waals surface area contributed by atoms with E-state index in [1.807, 2.05) is 0 Å². The number of aliphatic hydroxyl groups excluding tert-OH is 1. The fraction of sp³-hybridized carbons (Fsp3) is 0.182. The predicted molar refractivity (Wildman–Crippen MR) is 117 cm³/mol. The van der Waals surface area contributed by atoms with Crippen LogP contribution >= 0.6 is 27.5 Å². The lowest BCUT2D eigenvalue weighted by molar-refractivity contribution is -0.130. The second kappa shape index (κ2) is 8.37. The van der Waals surface area contributed by atoms with Crippen LogP contribution in [-0.4, -0.2) is 47.1 Å². The van der Waals surface area contributed by atoms with Crippen LogP contribution in [0.25, 0.3) is 11.0 Å². The van der Waals surface area contributed by atoms with Gasteiger partial charge in [-0.15, -0.1) is 0 Å². The number of phenols is 1. The number of Topliss-reactive ketones (excluding diaryl/α,β-unsaturated/α-hetero) is 1. The molecule has 0 spiro atoms. The van der Waals surface area contributed by atoms with Crippen LogP contribution in [0.3, 0.4) is 0 Å². The van der Waals surface area contributed by atoms with E-state index in [0.29, 0.717) is 16.5 Å². The minimum absolute atomic E-state index is 0.00841. The molecule has 2 aromatic carbocycles. The van der Waals surface area contributed by atoms with Crippen LogP contribution in [0.15, 0.2) is 62.7 Å². The molecule has 4 rings (SSSR count). The third-order valence-corrected chi connectivity index (χ3v) is 5.87. The zero-order chi connectivity index (χ0) is 22.3. The van der Waals surface area contributed by atoms with E-state index in [0.717, 1.165) is 4.47 Å². The fourth-order valence-corrected chi connectivity index (χ4v) is 4.17. The smallest absolute Gasteiger partial charge is 0.290 e. The van der Waals surface area contributed by atoms with Crippen molar-refractivity contribution in [3.8, 4) is 5.75 Å². The van der Waals surface area contributed by atoms with Gasteiger partial charge in [0.15, 0.2) is 11.5 Å². The molecule has 31 heavy (non-hydrogen) atoms. The zero-order valence-electron chi connectivity index (χ0n) is 16.3. The van der Waals surface area contributed by atoms with Crippen molar-refractivity contribution in [1.29, 1.82) is 0 Å². The molecule has 0 radical (unpaired) electrons. The number of benzene rings is 2. The van der Waals surface area contributed by atoms with Crippen molar-refractivity contribution < 1.29 is 29.0 Å². The number of carbonyl (C=O) groups is 2. The number of aliphatic hydroxyl groups is 1. The van der Waals surface area contributed by atoms with E-state index in [-0.39, 0.29) is 35.3 Å². The summed E-state index contributed by atoms with van der Waals surface area (Å²) in [7, 11) is 1.48. The van der Waals surface area contributed by atoms with Crippen molar-refractivity contribution in [3.63, 3.8) is 0 Å². The van der Waals surface area contributed by atoms with Crippen molar-refractivity contribution in [2.45, 2.75) is 6.04 Å². The largest absolute Gasteiger partial charge is 0.506 e. The molecule has 2 heterocycles. The molecule has 7 nitrogen and oxygen atoms in total. The minimum Gasteiger partial charge on any atom is -0.506 e. The first-order chi connectivity index (χ1) is 14.8. The Bertz CT molecular complexity index is 1230. The van der Waals surface area contributed by atoms with Gasteiger partial charge in [-0.3, -0.25) is 9.59 Å². The number of aromatic hydroxyl groups is 1. The van der Waals surface area contributed by atoms with Gasteiger partial charge in [-0.2, -0.15) is 0 Å². The fourth-order valence-electron chi connectivity index (χ4n) is 3.60. The van der Waals surface area contributed by atoms with Gasteiger partial charge < -0.3 is 24.3 Å². The Morgan fingerprint density at radius 1 is 1.23 bits per heavy atom. The number of phenolic OH excluding ortho intramolecular Hbond substituents is 1. The van der Waals surface area contributed by atoms with Crippen LogP contribution in [0.4, 0.5) is 0 Å². The second-order valence-electron chi connectivity index (χ2n) is 6.99. The molecule has 1 atom stereocenters. The molecule has 3 aromatic rings. The van der Waals surface area contributed by atoms with Crippen molar-refractivity contribution in [2.75, 3.05) is 20.3 Å². The number of methoxy groups -OCH3 is 1. The molecule has 0 bridgehead atoms. The molecule has 2 N–H and O–H groups in total. The molecule has 1 aliphatic rings. The first-order valence-electron chi connectivity index (χ1n) is 9.27. The molecular weight excluding hydrogens is 490 g/mol. The predicted octanol–water partition coefficient (Wildman–Crippen LogP) is 4.78. The number of ketones is 1. The number of hydrogen-bond donors (Lipinski definition) is 2. The molecule has 1 aliphatic heterocycles. The number of ether oxygens (including phenoxy) is 1. The van der Waals surface area contributed by atoms with Gasteiger partial charge in [-0.1, -0.05) is 33.6 Å². The third-order valence-electron chi connectivity index (χ3n) is 5.07. The van der Waals surface area contributed by atoms with Gasteiger partial charge in [0.1, 0.15) is 11.3 Å². The van der Waals surface area contributed by atoms with Crippen LogP contribution in [0, 0.1) is 0 Å². The second-order valence-corrected chi connectivity index (χ2v) is 8.31. The number of hydrogen-bond acceptors (Lipinski definition) is 6. The topological polar surface area (TPSA) is 100 Å². The number of rotatable bonds is 6. The van der Waals surface area contributed by atoms with E-state index in [2.05, 4.69) is 15.9 Å². The summed E-state index contributed by atoms with van der Waals surface area (Å²) in [6, 6.07) is 10.3. The van der Waals surface area contributed by atoms with E-state index in [9.17, 15) is 19.8 Å². The molecule has 0 aliphatic carbocycles. The normalized spacial score (nSPS) is 16.5. The summed E-state index contributed by atoms with van der Waals surface area (Å²) in [5.74, 6) is -2.12. The molecule has 1 aromatic heterocycles. The Kier molecular flexibility index (Phi) is 5.79. The standard InChI is InChI=1S/C22H17BrClNO6/c1-30-7-6-25-19(11-2-4-15(26)14(24)9-11)18(21(28)22(25)29)20(27)17-10-12-8-13(23)3-5-16(12)31-17/h2-5,8-10,19,26,28H,6-7H2,1H3. The van der Waals surface area contributed by atoms with Gasteiger partial charge in [0.05, 0.1) is 23.2 Å². The molecular formula is C22H17BrClNO6. The average Bonchev–Trinajstić information content (AvgIpc) is 3.27. The SMILES string of the molecule is COCCN1C(=O)C(O)=C(C(=O)c2cc3cc(Br)ccc3o2)C1c1ccc(O)c(Cl)c1. The van der Waals surface area contributed by atoms with E-state index in [1.165, 1.54) is 24.1 Å². The minimum atomic E-state index is -0.923. The van der Waals surface area contributed by atoms with Gasteiger partial charge in [0.2, 0.25) is 5.78 Å². The van der Waals surface area contributed by atoms with Gasteiger partial charge in [-0.05, 0) is 42.0 Å².